The molecule has 0 bridgehead atoms. The molecule has 114 valence electrons. The molecule has 1 aromatic heterocycles. The number of urea groups is 1. The summed E-state index contributed by atoms with van der Waals surface area (Å²) < 4.78 is 7.22. The molecule has 5 nitrogen and oxygen atoms in total. The van der Waals surface area contributed by atoms with E-state index in [0.29, 0.717) is 19.1 Å². The van der Waals surface area contributed by atoms with E-state index in [4.69, 9.17) is 4.74 Å². The minimum Gasteiger partial charge on any atom is -0.383 e. The predicted molar refractivity (Wildman–Crippen MR) is 85.7 cm³/mol. The lowest BCUT2D eigenvalue weighted by Crippen LogP contribution is -2.31. The lowest BCUT2D eigenvalue weighted by Gasteiger charge is -2.08. The van der Waals surface area contributed by atoms with Gasteiger partial charge in [0.2, 0.25) is 0 Å². The number of aromatic nitrogens is 1. The molecular formula is C16H23N3O2. The second kappa shape index (κ2) is 7.13. The van der Waals surface area contributed by atoms with E-state index >= 15 is 0 Å². The normalized spacial score (nSPS) is 11.0. The Morgan fingerprint density at radius 1 is 1.33 bits per heavy atom. The highest BCUT2D eigenvalue weighted by Gasteiger charge is 2.10. The summed E-state index contributed by atoms with van der Waals surface area (Å²) in [6.45, 7) is 6.19. The van der Waals surface area contributed by atoms with Crippen molar-refractivity contribution in [1.82, 2.24) is 9.88 Å². The van der Waals surface area contributed by atoms with Gasteiger partial charge in [0.05, 0.1) is 17.8 Å². The largest absolute Gasteiger partial charge is 0.383 e. The average molecular weight is 289 g/mol. The molecule has 0 radical (unpaired) electrons. The van der Waals surface area contributed by atoms with E-state index in [2.05, 4.69) is 29.0 Å². The number of hydrogen-bond acceptors (Lipinski definition) is 2. The van der Waals surface area contributed by atoms with Crippen LogP contribution in [0, 0.1) is 5.92 Å². The van der Waals surface area contributed by atoms with Crippen LogP contribution in [0.3, 0.4) is 0 Å². The zero-order chi connectivity index (χ0) is 15.2. The van der Waals surface area contributed by atoms with Gasteiger partial charge in [-0.25, -0.2) is 4.79 Å². The maximum atomic E-state index is 11.9. The van der Waals surface area contributed by atoms with Crippen LogP contribution in [0.25, 0.3) is 10.9 Å². The number of amides is 2. The van der Waals surface area contributed by atoms with Crippen LogP contribution in [0.4, 0.5) is 10.5 Å². The highest BCUT2D eigenvalue weighted by Crippen LogP contribution is 2.25. The number of fused-ring (bicyclic) bond motifs is 1. The number of nitrogens with one attached hydrogen (secondary N) is 2. The lowest BCUT2D eigenvalue weighted by molar-refractivity contribution is 0.188. The van der Waals surface area contributed by atoms with Gasteiger partial charge < -0.3 is 19.9 Å². The monoisotopic (exact) mass is 289 g/mol. The molecule has 0 saturated carbocycles. The number of methoxy groups -OCH3 is 1. The molecule has 2 N–H and O–H groups in total. The summed E-state index contributed by atoms with van der Waals surface area (Å²) in [6.07, 6.45) is 1.96. The molecule has 0 unspecified atom stereocenters. The first-order chi connectivity index (χ1) is 10.1. The van der Waals surface area contributed by atoms with Crippen molar-refractivity contribution in [3.63, 3.8) is 0 Å². The first-order valence-electron chi connectivity index (χ1n) is 7.23. The summed E-state index contributed by atoms with van der Waals surface area (Å²) in [4.78, 5) is 11.9. The van der Waals surface area contributed by atoms with Gasteiger partial charge in [0, 0.05) is 31.8 Å². The highest BCUT2D eigenvalue weighted by atomic mass is 16.5. The van der Waals surface area contributed by atoms with Gasteiger partial charge in [-0.05, 0) is 12.0 Å². The van der Waals surface area contributed by atoms with Crippen molar-refractivity contribution in [2.24, 2.45) is 5.92 Å². The molecule has 0 aliphatic carbocycles. The third kappa shape index (κ3) is 3.98. The van der Waals surface area contributed by atoms with Crippen LogP contribution >= 0.6 is 0 Å². The zero-order valence-corrected chi connectivity index (χ0v) is 12.8. The molecule has 2 amide bonds. The number of ether oxygens (including phenoxy) is 1. The van der Waals surface area contributed by atoms with E-state index in [1.54, 1.807) is 7.11 Å². The van der Waals surface area contributed by atoms with Crippen LogP contribution in [0.15, 0.2) is 30.5 Å². The van der Waals surface area contributed by atoms with Crippen LogP contribution in [-0.2, 0) is 11.3 Å². The van der Waals surface area contributed by atoms with Gasteiger partial charge in [0.15, 0.2) is 0 Å². The molecule has 0 saturated heterocycles. The van der Waals surface area contributed by atoms with Gasteiger partial charge in [-0.1, -0.05) is 32.0 Å². The fourth-order valence-electron chi connectivity index (χ4n) is 2.18. The summed E-state index contributed by atoms with van der Waals surface area (Å²) in [5.74, 6) is 0.429. The minimum atomic E-state index is -0.168. The molecular weight excluding hydrogens is 266 g/mol. The third-order valence-electron chi connectivity index (χ3n) is 3.24. The van der Waals surface area contributed by atoms with Gasteiger partial charge >= 0.3 is 6.03 Å². The Kier molecular flexibility index (Phi) is 5.22. The molecule has 2 rings (SSSR count). The molecule has 1 aromatic carbocycles. The molecule has 5 heteroatoms. The number of para-hydroxylation sites is 1. The Hall–Kier alpha value is -2.01. The van der Waals surface area contributed by atoms with Crippen LogP contribution in [0.5, 0.6) is 0 Å². The SMILES string of the molecule is COCCn1cc(NC(=O)NCC(C)C)c2ccccc21. The first kappa shape index (κ1) is 15.4. The topological polar surface area (TPSA) is 55.3 Å². The van der Waals surface area contributed by atoms with Crippen molar-refractivity contribution >= 4 is 22.6 Å². The molecule has 0 fully saturated rings. The quantitative estimate of drug-likeness (QED) is 0.858. The van der Waals surface area contributed by atoms with Crippen LogP contribution < -0.4 is 10.6 Å². The standard InChI is InChI=1S/C16H23N3O2/c1-12(2)10-17-16(20)18-14-11-19(8-9-21-3)15-7-5-4-6-13(14)15/h4-7,11-12H,8-10H2,1-3H3,(H2,17,18,20). The smallest absolute Gasteiger partial charge is 0.319 e. The van der Waals surface area contributed by atoms with E-state index in [9.17, 15) is 4.79 Å². The van der Waals surface area contributed by atoms with Crippen molar-refractivity contribution in [3.8, 4) is 0 Å². The van der Waals surface area contributed by atoms with Crippen molar-refractivity contribution in [2.75, 3.05) is 25.6 Å². The summed E-state index contributed by atoms with van der Waals surface area (Å²) in [6, 6.07) is 7.85. The molecule has 2 aromatic rings. The lowest BCUT2D eigenvalue weighted by atomic mass is 10.2. The Morgan fingerprint density at radius 3 is 2.81 bits per heavy atom. The zero-order valence-electron chi connectivity index (χ0n) is 12.8. The summed E-state index contributed by atoms with van der Waals surface area (Å²) >= 11 is 0. The number of hydrogen-bond donors (Lipinski definition) is 2. The van der Waals surface area contributed by atoms with Gasteiger partial charge in [0.1, 0.15) is 0 Å². The van der Waals surface area contributed by atoms with E-state index in [1.165, 1.54) is 0 Å². The second-order valence-electron chi connectivity index (χ2n) is 5.47. The van der Waals surface area contributed by atoms with E-state index in [-0.39, 0.29) is 6.03 Å². The molecule has 21 heavy (non-hydrogen) atoms. The average Bonchev–Trinajstić information content (AvgIpc) is 2.81. The van der Waals surface area contributed by atoms with Crippen molar-refractivity contribution in [1.29, 1.82) is 0 Å². The number of carbonyl (C=O) groups excluding carboxylic acids is 1. The minimum absolute atomic E-state index is 0.168. The number of rotatable bonds is 6. The number of benzene rings is 1. The third-order valence-corrected chi connectivity index (χ3v) is 3.24. The Balaban J connectivity index is 2.17. The molecule has 0 spiro atoms. The second-order valence-corrected chi connectivity index (χ2v) is 5.47. The fraction of sp³-hybridized carbons (Fsp3) is 0.438. The van der Waals surface area contributed by atoms with Gasteiger partial charge in [-0.3, -0.25) is 0 Å². The number of anilines is 1. The molecule has 0 aliphatic rings. The van der Waals surface area contributed by atoms with Crippen LogP contribution in [0.2, 0.25) is 0 Å². The Bertz CT molecular complexity index is 605. The number of carbonyl (C=O) groups is 1. The summed E-state index contributed by atoms with van der Waals surface area (Å²) in [5, 5.41) is 6.82. The van der Waals surface area contributed by atoms with Crippen LogP contribution in [-0.4, -0.2) is 30.9 Å². The maximum absolute atomic E-state index is 11.9. The number of nitrogens with zero attached hydrogens (tertiary/aromatic N) is 1. The van der Waals surface area contributed by atoms with E-state index in [0.717, 1.165) is 23.1 Å². The summed E-state index contributed by atoms with van der Waals surface area (Å²) in [5.41, 5.74) is 1.91. The Labute approximate surface area is 125 Å². The van der Waals surface area contributed by atoms with Crippen molar-refractivity contribution < 1.29 is 9.53 Å². The van der Waals surface area contributed by atoms with Crippen molar-refractivity contribution in [3.05, 3.63) is 30.5 Å². The fourth-order valence-corrected chi connectivity index (χ4v) is 2.18. The van der Waals surface area contributed by atoms with Crippen molar-refractivity contribution in [2.45, 2.75) is 20.4 Å². The van der Waals surface area contributed by atoms with Crippen LogP contribution in [0.1, 0.15) is 13.8 Å². The highest BCUT2D eigenvalue weighted by molar-refractivity contribution is 6.01. The van der Waals surface area contributed by atoms with Gasteiger partial charge in [-0.2, -0.15) is 0 Å². The molecule has 0 aliphatic heterocycles. The van der Waals surface area contributed by atoms with Gasteiger partial charge in [-0.15, -0.1) is 0 Å². The molecule has 0 atom stereocenters. The Morgan fingerprint density at radius 2 is 2.10 bits per heavy atom. The van der Waals surface area contributed by atoms with Gasteiger partial charge in [0.25, 0.3) is 0 Å². The molecule has 1 heterocycles. The first-order valence-corrected chi connectivity index (χ1v) is 7.23. The summed E-state index contributed by atoms with van der Waals surface area (Å²) in [7, 11) is 1.68. The maximum Gasteiger partial charge on any atom is 0.319 e. The van der Waals surface area contributed by atoms with E-state index < -0.39 is 0 Å². The predicted octanol–water partition coefficient (Wildman–Crippen LogP) is 3.07. The van der Waals surface area contributed by atoms with E-state index in [1.807, 2.05) is 30.5 Å².